The number of aromatic nitrogens is 3. The Labute approximate surface area is 154 Å². The van der Waals surface area contributed by atoms with Crippen LogP contribution in [0.2, 0.25) is 0 Å². The number of carbonyl (C=O) groups excluding carboxylic acids is 1. The molecule has 0 atom stereocenters. The van der Waals surface area contributed by atoms with Gasteiger partial charge in [0.05, 0.1) is 6.54 Å². The van der Waals surface area contributed by atoms with Crippen LogP contribution >= 0.6 is 0 Å². The maximum Gasteiger partial charge on any atom is 0.315 e. The summed E-state index contributed by atoms with van der Waals surface area (Å²) in [5.41, 5.74) is 2.33. The third kappa shape index (κ3) is 4.22. The van der Waals surface area contributed by atoms with Gasteiger partial charge in [-0.15, -0.1) is 10.2 Å². The van der Waals surface area contributed by atoms with Crippen molar-refractivity contribution < 1.29 is 4.79 Å². The molecule has 1 aromatic carbocycles. The van der Waals surface area contributed by atoms with Crippen LogP contribution in [0.4, 0.5) is 4.79 Å². The summed E-state index contributed by atoms with van der Waals surface area (Å²) in [5.74, 6) is 2.35. The van der Waals surface area contributed by atoms with E-state index in [4.69, 9.17) is 0 Å². The van der Waals surface area contributed by atoms with E-state index >= 15 is 0 Å². The molecule has 0 saturated heterocycles. The van der Waals surface area contributed by atoms with E-state index in [-0.39, 0.29) is 12.1 Å². The Morgan fingerprint density at radius 3 is 2.69 bits per heavy atom. The molecule has 0 unspecified atom stereocenters. The fourth-order valence-electron chi connectivity index (χ4n) is 3.32. The Bertz CT molecular complexity index is 763. The van der Waals surface area contributed by atoms with Gasteiger partial charge in [-0.2, -0.15) is 0 Å². The zero-order chi connectivity index (χ0) is 18.7. The third-order valence-electron chi connectivity index (χ3n) is 5.00. The molecule has 26 heavy (non-hydrogen) atoms. The zero-order valence-corrected chi connectivity index (χ0v) is 16.0. The number of carbonyl (C=O) groups is 1. The molecular formula is C19H28N6O. The minimum atomic E-state index is -0.108. The zero-order valence-electron chi connectivity index (χ0n) is 16.0. The third-order valence-corrected chi connectivity index (χ3v) is 5.00. The average molecular weight is 356 g/mol. The summed E-state index contributed by atoms with van der Waals surface area (Å²) in [6, 6.07) is 8.17. The Balaban J connectivity index is 1.45. The molecule has 2 aromatic rings. The van der Waals surface area contributed by atoms with Crippen molar-refractivity contribution in [3.63, 3.8) is 0 Å². The Kier molecular flexibility index (Phi) is 5.56. The second-order valence-corrected chi connectivity index (χ2v) is 7.39. The Morgan fingerprint density at radius 2 is 2.00 bits per heavy atom. The number of nitrogens with zero attached hydrogens (tertiary/aromatic N) is 4. The maximum atomic E-state index is 12.1. The summed E-state index contributed by atoms with van der Waals surface area (Å²) in [6.45, 7) is 3.38. The minimum absolute atomic E-state index is 0.108. The number of amides is 2. The lowest BCUT2D eigenvalue weighted by Gasteiger charge is -2.35. The van der Waals surface area contributed by atoms with Gasteiger partial charge in [-0.1, -0.05) is 24.3 Å². The summed E-state index contributed by atoms with van der Waals surface area (Å²) in [4.78, 5) is 14.2. The van der Waals surface area contributed by atoms with Crippen LogP contribution in [0.15, 0.2) is 24.3 Å². The van der Waals surface area contributed by atoms with Gasteiger partial charge >= 0.3 is 6.03 Å². The smallest absolute Gasteiger partial charge is 0.315 e. The van der Waals surface area contributed by atoms with Gasteiger partial charge in [0.2, 0.25) is 0 Å². The molecule has 1 heterocycles. The van der Waals surface area contributed by atoms with Gasteiger partial charge in [0, 0.05) is 25.6 Å². The molecule has 0 aliphatic heterocycles. The van der Waals surface area contributed by atoms with Gasteiger partial charge < -0.3 is 20.1 Å². The largest absolute Gasteiger partial charge is 0.335 e. The SMILES string of the molecule is Cc1ccccc1CNC(=O)NC1CC(c2nnc(CN(C)C)n2C)C1. The molecular weight excluding hydrogens is 328 g/mol. The number of hydrogen-bond acceptors (Lipinski definition) is 4. The molecule has 2 amide bonds. The van der Waals surface area contributed by atoms with E-state index < -0.39 is 0 Å². The lowest BCUT2D eigenvalue weighted by molar-refractivity contribution is 0.220. The number of benzene rings is 1. The van der Waals surface area contributed by atoms with Crippen molar-refractivity contribution in [3.8, 4) is 0 Å². The van der Waals surface area contributed by atoms with Crippen molar-refractivity contribution in [2.45, 2.75) is 44.8 Å². The van der Waals surface area contributed by atoms with Crippen LogP contribution in [0.5, 0.6) is 0 Å². The summed E-state index contributed by atoms with van der Waals surface area (Å²) >= 11 is 0. The number of nitrogens with one attached hydrogen (secondary N) is 2. The molecule has 7 nitrogen and oxygen atoms in total. The van der Waals surface area contributed by atoms with Crippen LogP contribution in [-0.2, 0) is 20.1 Å². The Hall–Kier alpha value is -2.41. The van der Waals surface area contributed by atoms with Crippen molar-refractivity contribution in [1.29, 1.82) is 0 Å². The van der Waals surface area contributed by atoms with Crippen LogP contribution in [0.25, 0.3) is 0 Å². The highest BCUT2D eigenvalue weighted by molar-refractivity contribution is 5.74. The van der Waals surface area contributed by atoms with E-state index in [1.165, 1.54) is 5.56 Å². The van der Waals surface area contributed by atoms with E-state index in [2.05, 4.69) is 43.3 Å². The maximum absolute atomic E-state index is 12.1. The van der Waals surface area contributed by atoms with Gasteiger partial charge in [-0.05, 0) is 45.0 Å². The molecule has 1 aromatic heterocycles. The van der Waals surface area contributed by atoms with Gasteiger partial charge in [0.1, 0.15) is 11.6 Å². The predicted octanol–water partition coefficient (Wildman–Crippen LogP) is 1.93. The van der Waals surface area contributed by atoms with E-state index in [0.29, 0.717) is 12.5 Å². The van der Waals surface area contributed by atoms with Crippen LogP contribution < -0.4 is 10.6 Å². The molecule has 1 aliphatic carbocycles. The quantitative estimate of drug-likeness (QED) is 0.829. The molecule has 1 fully saturated rings. The summed E-state index contributed by atoms with van der Waals surface area (Å²) in [5, 5.41) is 14.6. The molecule has 1 saturated carbocycles. The van der Waals surface area contributed by atoms with E-state index in [1.807, 2.05) is 39.3 Å². The molecule has 0 bridgehead atoms. The predicted molar refractivity (Wildman–Crippen MR) is 101 cm³/mol. The van der Waals surface area contributed by atoms with Crippen molar-refractivity contribution in [3.05, 3.63) is 47.0 Å². The lowest BCUT2D eigenvalue weighted by atomic mass is 9.79. The monoisotopic (exact) mass is 356 g/mol. The highest BCUT2D eigenvalue weighted by Gasteiger charge is 2.34. The van der Waals surface area contributed by atoms with E-state index in [0.717, 1.165) is 36.6 Å². The number of hydrogen-bond donors (Lipinski definition) is 2. The number of aryl methyl sites for hydroxylation is 1. The van der Waals surface area contributed by atoms with Crippen LogP contribution in [0, 0.1) is 6.92 Å². The second kappa shape index (κ2) is 7.86. The number of urea groups is 1. The van der Waals surface area contributed by atoms with Crippen molar-refractivity contribution in [2.75, 3.05) is 14.1 Å². The van der Waals surface area contributed by atoms with Gasteiger partial charge in [0.25, 0.3) is 0 Å². The molecule has 140 valence electrons. The highest BCUT2D eigenvalue weighted by Crippen LogP contribution is 2.35. The molecule has 3 rings (SSSR count). The van der Waals surface area contributed by atoms with Gasteiger partial charge in [-0.3, -0.25) is 0 Å². The van der Waals surface area contributed by atoms with Crippen LogP contribution in [0.3, 0.4) is 0 Å². The van der Waals surface area contributed by atoms with E-state index in [9.17, 15) is 4.79 Å². The van der Waals surface area contributed by atoms with Crippen LogP contribution in [0.1, 0.15) is 41.5 Å². The van der Waals surface area contributed by atoms with Crippen molar-refractivity contribution in [2.24, 2.45) is 7.05 Å². The molecule has 0 spiro atoms. The topological polar surface area (TPSA) is 75.1 Å². The highest BCUT2D eigenvalue weighted by atomic mass is 16.2. The fourth-order valence-corrected chi connectivity index (χ4v) is 3.32. The molecule has 1 aliphatic rings. The summed E-state index contributed by atoms with van der Waals surface area (Å²) in [7, 11) is 6.06. The minimum Gasteiger partial charge on any atom is -0.335 e. The second-order valence-electron chi connectivity index (χ2n) is 7.39. The summed E-state index contributed by atoms with van der Waals surface area (Å²) in [6.07, 6.45) is 1.82. The first-order valence-electron chi connectivity index (χ1n) is 9.05. The first-order chi connectivity index (χ1) is 12.4. The lowest BCUT2D eigenvalue weighted by Crippen LogP contribution is -2.47. The first-order valence-corrected chi connectivity index (χ1v) is 9.05. The number of rotatable bonds is 6. The fraction of sp³-hybridized carbons (Fsp3) is 0.526. The molecule has 7 heteroatoms. The summed E-state index contributed by atoms with van der Waals surface area (Å²) < 4.78 is 2.08. The normalized spacial score (nSPS) is 19.3. The van der Waals surface area contributed by atoms with E-state index in [1.54, 1.807) is 0 Å². The molecule has 0 radical (unpaired) electrons. The average Bonchev–Trinajstić information content (AvgIpc) is 2.90. The Morgan fingerprint density at radius 1 is 1.27 bits per heavy atom. The van der Waals surface area contributed by atoms with Gasteiger partial charge in [0.15, 0.2) is 0 Å². The molecule has 2 N–H and O–H groups in total. The standard InChI is InChI=1S/C19H28N6O/c1-13-7-5-6-8-14(13)11-20-19(26)21-16-9-15(10-16)18-23-22-17(25(18)4)12-24(2)3/h5-8,15-16H,9-12H2,1-4H3,(H2,20,21,26). The van der Waals surface area contributed by atoms with Crippen molar-refractivity contribution in [1.82, 2.24) is 30.3 Å². The van der Waals surface area contributed by atoms with Crippen molar-refractivity contribution >= 4 is 6.03 Å². The van der Waals surface area contributed by atoms with Gasteiger partial charge in [-0.25, -0.2) is 4.79 Å². The first kappa shape index (κ1) is 18.4. The van der Waals surface area contributed by atoms with Crippen LogP contribution in [-0.4, -0.2) is 45.8 Å².